The van der Waals surface area contributed by atoms with Crippen LogP contribution in [0.15, 0.2) is 46.0 Å². The van der Waals surface area contributed by atoms with Crippen molar-refractivity contribution in [2.24, 2.45) is 0 Å². The molecular weight excluding hydrogens is 492 g/mol. The van der Waals surface area contributed by atoms with Gasteiger partial charge in [-0.15, -0.1) is 10.2 Å². The van der Waals surface area contributed by atoms with Crippen molar-refractivity contribution in [2.75, 3.05) is 18.2 Å². The number of methoxy groups -OCH3 is 1. The Morgan fingerprint density at radius 2 is 1.81 bits per heavy atom. The number of amides is 1. The third kappa shape index (κ3) is 5.63. The van der Waals surface area contributed by atoms with Crippen LogP contribution in [0.2, 0.25) is 0 Å². The molecule has 32 heavy (non-hydrogen) atoms. The van der Waals surface area contributed by atoms with E-state index in [9.17, 15) is 4.79 Å². The van der Waals surface area contributed by atoms with Gasteiger partial charge in [0.1, 0.15) is 11.5 Å². The Bertz CT molecular complexity index is 1090. The molecule has 0 aliphatic carbocycles. The van der Waals surface area contributed by atoms with E-state index in [0.29, 0.717) is 17.5 Å². The van der Waals surface area contributed by atoms with Crippen molar-refractivity contribution < 1.29 is 14.3 Å². The standard InChI is InChI=1S/C23H27BrN4O3S/c1-6-28-22(16(4)31-18-9-7-17(30-5)8-10-18)26-27-23(28)32-13-21(29)25-20-12-11-19(24)14(2)15(20)3/h7-12,16H,6,13H2,1-5H3,(H,25,29). The molecule has 0 spiro atoms. The number of halogens is 1. The molecule has 0 saturated carbocycles. The van der Waals surface area contributed by atoms with E-state index in [1.165, 1.54) is 11.8 Å². The zero-order valence-corrected chi connectivity index (χ0v) is 21.2. The van der Waals surface area contributed by atoms with Gasteiger partial charge in [0, 0.05) is 16.7 Å². The normalized spacial score (nSPS) is 11.8. The van der Waals surface area contributed by atoms with Gasteiger partial charge in [-0.3, -0.25) is 4.79 Å². The van der Waals surface area contributed by atoms with E-state index < -0.39 is 0 Å². The second-order valence-electron chi connectivity index (χ2n) is 7.20. The van der Waals surface area contributed by atoms with Crippen LogP contribution in [0, 0.1) is 13.8 Å². The van der Waals surface area contributed by atoms with Gasteiger partial charge in [0.15, 0.2) is 17.1 Å². The smallest absolute Gasteiger partial charge is 0.234 e. The number of aromatic nitrogens is 3. The third-order valence-corrected chi connectivity index (χ3v) is 6.95. The first-order valence-electron chi connectivity index (χ1n) is 10.3. The van der Waals surface area contributed by atoms with E-state index in [1.54, 1.807) is 7.11 Å². The van der Waals surface area contributed by atoms with Gasteiger partial charge < -0.3 is 19.4 Å². The molecule has 1 N–H and O–H groups in total. The average Bonchev–Trinajstić information content (AvgIpc) is 3.21. The lowest BCUT2D eigenvalue weighted by atomic mass is 10.1. The fourth-order valence-electron chi connectivity index (χ4n) is 3.16. The molecule has 3 rings (SSSR count). The number of ether oxygens (including phenoxy) is 2. The van der Waals surface area contributed by atoms with Crippen molar-refractivity contribution in [1.29, 1.82) is 0 Å². The summed E-state index contributed by atoms with van der Waals surface area (Å²) in [5, 5.41) is 12.3. The molecule has 1 atom stereocenters. The second-order valence-corrected chi connectivity index (χ2v) is 9.00. The summed E-state index contributed by atoms with van der Waals surface area (Å²) < 4.78 is 14.2. The molecule has 1 amide bonds. The fourth-order valence-corrected chi connectivity index (χ4v) is 4.39. The maximum atomic E-state index is 12.5. The molecule has 3 aromatic rings. The van der Waals surface area contributed by atoms with Crippen molar-refractivity contribution in [3.8, 4) is 11.5 Å². The molecule has 0 fully saturated rings. The molecule has 0 aliphatic rings. The minimum Gasteiger partial charge on any atom is -0.497 e. The van der Waals surface area contributed by atoms with Gasteiger partial charge in [-0.05, 0) is 75.2 Å². The highest BCUT2D eigenvalue weighted by Crippen LogP contribution is 2.28. The number of anilines is 1. The highest BCUT2D eigenvalue weighted by molar-refractivity contribution is 9.10. The van der Waals surface area contributed by atoms with Crippen LogP contribution in [0.5, 0.6) is 11.5 Å². The van der Waals surface area contributed by atoms with E-state index in [-0.39, 0.29) is 17.8 Å². The van der Waals surface area contributed by atoms with Gasteiger partial charge in [0.2, 0.25) is 5.91 Å². The van der Waals surface area contributed by atoms with Crippen molar-refractivity contribution >= 4 is 39.3 Å². The summed E-state index contributed by atoms with van der Waals surface area (Å²) in [6.07, 6.45) is -0.299. The SMILES string of the molecule is CCn1c(SCC(=O)Nc2ccc(Br)c(C)c2C)nnc1C(C)Oc1ccc(OC)cc1. The number of rotatable bonds is 9. The molecule has 0 radical (unpaired) electrons. The van der Waals surface area contributed by atoms with Crippen LogP contribution in [-0.2, 0) is 11.3 Å². The molecule has 0 bridgehead atoms. The number of hydrogen-bond acceptors (Lipinski definition) is 6. The molecule has 170 valence electrons. The maximum absolute atomic E-state index is 12.5. The number of nitrogens with zero attached hydrogens (tertiary/aromatic N) is 3. The number of carbonyl (C=O) groups excluding carboxylic acids is 1. The van der Waals surface area contributed by atoms with Crippen LogP contribution < -0.4 is 14.8 Å². The van der Waals surface area contributed by atoms with Gasteiger partial charge >= 0.3 is 0 Å². The fraction of sp³-hybridized carbons (Fsp3) is 0.348. The Hall–Kier alpha value is -2.52. The number of benzene rings is 2. The highest BCUT2D eigenvalue weighted by Gasteiger charge is 2.20. The molecule has 1 aromatic heterocycles. The molecule has 2 aromatic carbocycles. The van der Waals surface area contributed by atoms with E-state index >= 15 is 0 Å². The summed E-state index contributed by atoms with van der Waals surface area (Å²) in [5.41, 5.74) is 2.97. The molecule has 0 saturated heterocycles. The molecule has 1 unspecified atom stereocenters. The summed E-state index contributed by atoms with van der Waals surface area (Å²) in [4.78, 5) is 12.5. The van der Waals surface area contributed by atoms with Crippen LogP contribution in [0.3, 0.4) is 0 Å². The first-order valence-corrected chi connectivity index (χ1v) is 12.0. The minimum atomic E-state index is -0.299. The monoisotopic (exact) mass is 518 g/mol. The van der Waals surface area contributed by atoms with Crippen molar-refractivity contribution in [2.45, 2.75) is 45.5 Å². The van der Waals surface area contributed by atoms with Crippen LogP contribution >= 0.6 is 27.7 Å². The number of thioether (sulfide) groups is 1. The first-order chi connectivity index (χ1) is 15.3. The second kappa shape index (κ2) is 10.9. The lowest BCUT2D eigenvalue weighted by molar-refractivity contribution is -0.113. The topological polar surface area (TPSA) is 78.3 Å². The quantitative estimate of drug-likeness (QED) is 0.373. The Labute approximate surface area is 201 Å². The van der Waals surface area contributed by atoms with Gasteiger partial charge in [0.05, 0.1) is 12.9 Å². The lowest BCUT2D eigenvalue weighted by Gasteiger charge is -2.16. The van der Waals surface area contributed by atoms with Gasteiger partial charge in [-0.25, -0.2) is 0 Å². The van der Waals surface area contributed by atoms with Crippen LogP contribution in [0.4, 0.5) is 5.69 Å². The van der Waals surface area contributed by atoms with Gasteiger partial charge in [-0.1, -0.05) is 27.7 Å². The van der Waals surface area contributed by atoms with Crippen LogP contribution in [0.25, 0.3) is 0 Å². The summed E-state index contributed by atoms with van der Waals surface area (Å²) in [7, 11) is 1.63. The van der Waals surface area contributed by atoms with E-state index in [1.807, 2.05) is 68.7 Å². The average molecular weight is 519 g/mol. The number of nitrogens with one attached hydrogen (secondary N) is 1. The van der Waals surface area contributed by atoms with E-state index in [2.05, 4.69) is 31.4 Å². The van der Waals surface area contributed by atoms with Crippen LogP contribution in [0.1, 0.15) is 36.9 Å². The zero-order valence-electron chi connectivity index (χ0n) is 18.8. The van der Waals surface area contributed by atoms with Crippen molar-refractivity contribution in [3.05, 3.63) is 57.8 Å². The Morgan fingerprint density at radius 3 is 2.47 bits per heavy atom. The molecular formula is C23H27BrN4O3S. The van der Waals surface area contributed by atoms with Crippen molar-refractivity contribution in [3.63, 3.8) is 0 Å². The number of hydrogen-bond donors (Lipinski definition) is 1. The lowest BCUT2D eigenvalue weighted by Crippen LogP contribution is -2.16. The minimum absolute atomic E-state index is 0.0884. The number of carbonyl (C=O) groups is 1. The summed E-state index contributed by atoms with van der Waals surface area (Å²) >= 11 is 4.87. The largest absolute Gasteiger partial charge is 0.497 e. The van der Waals surface area contributed by atoms with Crippen LogP contribution in [-0.4, -0.2) is 33.5 Å². The first kappa shape index (κ1) is 24.1. The molecule has 7 nitrogen and oxygen atoms in total. The molecule has 9 heteroatoms. The van der Waals surface area contributed by atoms with E-state index in [0.717, 1.165) is 32.8 Å². The Balaban J connectivity index is 1.64. The summed E-state index contributed by atoms with van der Waals surface area (Å²) in [6.45, 7) is 8.64. The maximum Gasteiger partial charge on any atom is 0.234 e. The Kier molecular flexibility index (Phi) is 8.20. The summed E-state index contributed by atoms with van der Waals surface area (Å²) in [6, 6.07) is 11.2. The molecule has 0 aliphatic heterocycles. The van der Waals surface area contributed by atoms with E-state index in [4.69, 9.17) is 9.47 Å². The van der Waals surface area contributed by atoms with Gasteiger partial charge in [0.25, 0.3) is 0 Å². The zero-order chi connectivity index (χ0) is 23.3. The Morgan fingerprint density at radius 1 is 1.12 bits per heavy atom. The third-order valence-electron chi connectivity index (χ3n) is 5.13. The van der Waals surface area contributed by atoms with Crippen molar-refractivity contribution in [1.82, 2.24) is 14.8 Å². The predicted octanol–water partition coefficient (Wildman–Crippen LogP) is 5.56. The summed E-state index contributed by atoms with van der Waals surface area (Å²) in [5.74, 6) is 2.35. The molecule has 1 heterocycles. The van der Waals surface area contributed by atoms with Gasteiger partial charge in [-0.2, -0.15) is 0 Å². The predicted molar refractivity (Wildman–Crippen MR) is 131 cm³/mol. The highest BCUT2D eigenvalue weighted by atomic mass is 79.9.